The quantitative estimate of drug-likeness (QED) is 0.0285. The van der Waals surface area contributed by atoms with Gasteiger partial charge < -0.3 is 48.6 Å². The van der Waals surface area contributed by atoms with E-state index in [0.717, 1.165) is 110 Å². The second kappa shape index (κ2) is 34.8. The van der Waals surface area contributed by atoms with Crippen LogP contribution in [0.4, 0.5) is 34.1 Å². The van der Waals surface area contributed by atoms with E-state index in [9.17, 15) is 14.4 Å². The van der Waals surface area contributed by atoms with Crippen molar-refractivity contribution in [3.63, 3.8) is 0 Å². The number of carbonyl (C=O) groups is 3. The molecule has 12 N–H and O–H groups in total. The van der Waals surface area contributed by atoms with Gasteiger partial charge in [-0.25, -0.2) is 14.4 Å². The second-order valence-corrected chi connectivity index (χ2v) is 47.1. The van der Waals surface area contributed by atoms with Crippen LogP contribution >= 0.6 is 0 Å². The lowest BCUT2D eigenvalue weighted by atomic mass is 9.38. The van der Waals surface area contributed by atoms with Crippen molar-refractivity contribution in [2.24, 2.45) is 143 Å². The summed E-state index contributed by atoms with van der Waals surface area (Å²) in [5, 5.41) is 0. The smallest absolute Gasteiger partial charge is 0.338 e. The van der Waals surface area contributed by atoms with Crippen molar-refractivity contribution >= 4 is 52.0 Å². The van der Waals surface area contributed by atoms with Crippen molar-refractivity contribution in [1.82, 2.24) is 0 Å². The highest BCUT2D eigenvalue weighted by Crippen LogP contribution is 2.77. The molecule has 0 aliphatic heterocycles. The first-order valence-electron chi connectivity index (χ1n) is 48.9. The molecule has 666 valence electrons. The minimum absolute atomic E-state index is 0.0104. The van der Waals surface area contributed by atoms with E-state index in [0.29, 0.717) is 106 Å². The standard InChI is InChI=1S/C37H58N2O2.C37H56N2O2.C34H54N2O2/c2*1-23(2)10-9-11-24(3)28-14-18-37(8)30-12-13-31-34(4,5)32(41-33(40)25-20-26(38)22-27(39)21-25)16-17-35(31,6)29(30)15-19-36(28,37)7;1-21(2)7-6-8-22(3)29-11-12-30-28-10-9-24-19-27(38-32(37)23-17-25(35)20-26(36)18-23)13-15-33(24,4)31(28)14-16-34(29,30)5/h10,20-22,24,28-32H,9,11-19,38-39H2,1-8H3;10,20-22,24,28,31-32H,9,11-19,38-39H2,1-8H3;17-18,20-22,24,27-31H,6-16,19,35-36H2,1-5H3. The summed E-state index contributed by atoms with van der Waals surface area (Å²) in [5.41, 5.74) is 49.4. The summed E-state index contributed by atoms with van der Waals surface area (Å²) in [6, 6.07) is 15.1. The van der Waals surface area contributed by atoms with Crippen molar-refractivity contribution in [2.45, 2.75) is 369 Å². The highest BCUT2D eigenvalue weighted by Gasteiger charge is 2.70. The predicted octanol–water partition coefficient (Wildman–Crippen LogP) is 27.4. The van der Waals surface area contributed by atoms with Crippen molar-refractivity contribution in [3.8, 4) is 0 Å². The third-order valence-electron chi connectivity index (χ3n) is 39.2. The Bertz CT molecular complexity index is 4230. The molecule has 10 fully saturated rings. The SMILES string of the molecule is CC(C)=CCCC(C)C1CCC2(C)C3=C(CCC12C)C1(C)CCC(OC(=O)c2cc(N)cc(N)c2)C(C)(C)C1CC3.CC(C)=CCCC(C)C1CCC2(C)C3CCC4C(C)(C)C(OC(=O)c5cc(N)cc(N)c5)CCC4(C)C3CCC12C.CC(C)CCCC(C)C1CCC2C3CCC4CC(OC(=O)c5cc(N)cc(N)c5)CCC4(C)C3CCC12C. The number of nitrogens with two attached hydrogens (primary N) is 6. The Morgan fingerprint density at radius 2 is 0.858 bits per heavy atom. The van der Waals surface area contributed by atoms with Crippen LogP contribution in [0.5, 0.6) is 0 Å². The highest BCUT2D eigenvalue weighted by molar-refractivity contribution is 5.93. The number of hydrogen-bond donors (Lipinski definition) is 6. The Morgan fingerprint density at radius 3 is 1.41 bits per heavy atom. The maximum absolute atomic E-state index is 13.2. The molecule has 0 amide bonds. The molecule has 12 heteroatoms. The van der Waals surface area contributed by atoms with Crippen molar-refractivity contribution in [2.75, 3.05) is 34.4 Å². The van der Waals surface area contributed by atoms with Crippen LogP contribution < -0.4 is 34.4 Å². The molecule has 0 spiro atoms. The number of benzene rings is 3. The second-order valence-electron chi connectivity index (χ2n) is 47.1. The van der Waals surface area contributed by atoms with E-state index < -0.39 is 0 Å². The summed E-state index contributed by atoms with van der Waals surface area (Å²) in [4.78, 5) is 39.3. The van der Waals surface area contributed by atoms with E-state index in [1.54, 1.807) is 60.2 Å². The van der Waals surface area contributed by atoms with Crippen LogP contribution in [0.25, 0.3) is 0 Å². The predicted molar refractivity (Wildman–Crippen MR) is 500 cm³/mol. The molecule has 0 heterocycles. The number of carbonyl (C=O) groups excluding carboxylic acids is 3. The summed E-state index contributed by atoms with van der Waals surface area (Å²) in [5.74, 6) is 10.9. The summed E-state index contributed by atoms with van der Waals surface area (Å²) in [7, 11) is 0. The van der Waals surface area contributed by atoms with Crippen molar-refractivity contribution in [1.29, 1.82) is 0 Å². The Labute approximate surface area is 728 Å². The topological polar surface area (TPSA) is 235 Å². The maximum atomic E-state index is 13.2. The molecule has 12 aliphatic rings. The zero-order valence-electron chi connectivity index (χ0n) is 79.3. The fourth-order valence-electron chi connectivity index (χ4n) is 32.5. The lowest BCUT2D eigenvalue weighted by Gasteiger charge is -2.67. The fourth-order valence-corrected chi connectivity index (χ4v) is 32.5. The number of esters is 3. The molecule has 25 atom stereocenters. The van der Waals surface area contributed by atoms with Gasteiger partial charge in [-0.1, -0.05) is 171 Å². The van der Waals surface area contributed by atoms with Crippen LogP contribution in [0.2, 0.25) is 0 Å². The summed E-state index contributed by atoms with van der Waals surface area (Å²) >= 11 is 0. The highest BCUT2D eigenvalue weighted by atomic mass is 16.6. The largest absolute Gasteiger partial charge is 0.459 e. The molecule has 10 saturated carbocycles. The Balaban J connectivity index is 0.000000156. The van der Waals surface area contributed by atoms with E-state index >= 15 is 0 Å². The van der Waals surface area contributed by atoms with Gasteiger partial charge in [0.05, 0.1) is 16.7 Å². The van der Waals surface area contributed by atoms with Gasteiger partial charge in [0, 0.05) is 45.0 Å². The molecule has 0 saturated heterocycles. The molecule has 12 nitrogen and oxygen atoms in total. The first-order valence-corrected chi connectivity index (χ1v) is 48.9. The van der Waals surface area contributed by atoms with Gasteiger partial charge in [0.2, 0.25) is 0 Å². The molecule has 3 aromatic carbocycles. The maximum Gasteiger partial charge on any atom is 0.338 e. The van der Waals surface area contributed by atoms with Gasteiger partial charge >= 0.3 is 17.9 Å². The molecule has 12 aliphatic carbocycles. The third-order valence-corrected chi connectivity index (χ3v) is 39.2. The molecule has 3 aromatic rings. The van der Waals surface area contributed by atoms with Gasteiger partial charge in [0.25, 0.3) is 0 Å². The van der Waals surface area contributed by atoms with E-state index in [4.69, 9.17) is 48.6 Å². The van der Waals surface area contributed by atoms with Crippen LogP contribution in [-0.4, -0.2) is 36.2 Å². The van der Waals surface area contributed by atoms with Gasteiger partial charge in [-0.05, 0) is 401 Å². The molecule has 0 aromatic heterocycles. The molecular formula is C108H168N6O6. The molecule has 15 rings (SSSR count). The average Bonchev–Trinajstić information content (AvgIpc) is 1.39. The number of anilines is 6. The van der Waals surface area contributed by atoms with Gasteiger partial charge in [-0.15, -0.1) is 0 Å². The van der Waals surface area contributed by atoms with Crippen LogP contribution in [0.3, 0.4) is 0 Å². The van der Waals surface area contributed by atoms with Gasteiger partial charge in [0.15, 0.2) is 0 Å². The van der Waals surface area contributed by atoms with E-state index in [-0.39, 0.29) is 52.5 Å². The Kier molecular flexibility index (Phi) is 26.6. The number of hydrogen-bond acceptors (Lipinski definition) is 12. The first-order chi connectivity index (χ1) is 56.3. The Hall–Kier alpha value is -5.91. The van der Waals surface area contributed by atoms with Crippen molar-refractivity contribution in [3.05, 3.63) is 106 Å². The summed E-state index contributed by atoms with van der Waals surface area (Å²) < 4.78 is 18.6. The summed E-state index contributed by atoms with van der Waals surface area (Å²) in [6.45, 7) is 51.9. The minimum atomic E-state index is -0.307. The summed E-state index contributed by atoms with van der Waals surface area (Å²) in [6.07, 6.45) is 45.4. The monoisotopic (exact) mass is 1650 g/mol. The number of allylic oxidation sites excluding steroid dienone is 6. The fraction of sp³-hybridized carbons (Fsp3) is 0.750. The van der Waals surface area contributed by atoms with Gasteiger partial charge in [-0.3, -0.25) is 0 Å². The van der Waals surface area contributed by atoms with E-state index in [1.807, 2.05) is 5.57 Å². The molecule has 0 bridgehead atoms. The number of nitrogen functional groups attached to an aromatic ring is 6. The Morgan fingerprint density at radius 1 is 0.392 bits per heavy atom. The molecular weight excluding hydrogens is 1480 g/mol. The normalized spacial score (nSPS) is 38.6. The molecule has 120 heavy (non-hydrogen) atoms. The van der Waals surface area contributed by atoms with Crippen LogP contribution in [0, 0.1) is 143 Å². The van der Waals surface area contributed by atoms with E-state index in [1.165, 1.54) is 178 Å². The zero-order chi connectivity index (χ0) is 87.2. The first kappa shape index (κ1) is 91.8. The van der Waals surface area contributed by atoms with Gasteiger partial charge in [-0.2, -0.15) is 0 Å². The lowest BCUT2D eigenvalue weighted by molar-refractivity contribution is -0.200. The van der Waals surface area contributed by atoms with E-state index in [2.05, 4.69) is 158 Å². The van der Waals surface area contributed by atoms with Crippen LogP contribution in [0.15, 0.2) is 89.0 Å². The molecule has 25 unspecified atom stereocenters. The number of ether oxygens (including phenoxy) is 3. The third kappa shape index (κ3) is 16.9. The number of fused-ring (bicyclic) bond motifs is 14. The van der Waals surface area contributed by atoms with Gasteiger partial charge in [0.1, 0.15) is 18.3 Å². The number of rotatable bonds is 19. The average molecular weight is 1650 g/mol. The lowest BCUT2D eigenvalue weighted by Crippen LogP contribution is -2.62. The van der Waals surface area contributed by atoms with Crippen LogP contribution in [0.1, 0.15) is 382 Å². The van der Waals surface area contributed by atoms with Crippen LogP contribution in [-0.2, 0) is 14.2 Å². The molecule has 0 radical (unpaired) electrons. The minimum Gasteiger partial charge on any atom is -0.459 e. The van der Waals surface area contributed by atoms with Crippen molar-refractivity contribution < 1.29 is 28.6 Å². The zero-order valence-corrected chi connectivity index (χ0v) is 79.3.